The van der Waals surface area contributed by atoms with Crippen molar-refractivity contribution < 1.29 is 4.39 Å². The lowest BCUT2D eigenvalue weighted by atomic mass is 9.97. The molecule has 0 radical (unpaired) electrons. The van der Waals surface area contributed by atoms with Gasteiger partial charge >= 0.3 is 0 Å². The lowest BCUT2D eigenvalue weighted by Gasteiger charge is -2.11. The molecule has 3 aromatic rings. The maximum atomic E-state index is 13.1. The van der Waals surface area contributed by atoms with E-state index in [9.17, 15) is 4.39 Å². The largest absolute Gasteiger partial charge is 0.254 e. The highest BCUT2D eigenvalue weighted by atomic mass is 32.1. The van der Waals surface area contributed by atoms with E-state index in [1.54, 1.807) is 11.3 Å². The zero-order valence-corrected chi connectivity index (χ0v) is 12.3. The first-order chi connectivity index (χ1) is 10.3. The molecule has 0 saturated carbocycles. The van der Waals surface area contributed by atoms with Crippen molar-refractivity contribution in [2.75, 3.05) is 0 Å². The van der Waals surface area contributed by atoms with Gasteiger partial charge < -0.3 is 0 Å². The van der Waals surface area contributed by atoms with E-state index in [1.807, 2.05) is 18.3 Å². The molecule has 1 aromatic carbocycles. The zero-order chi connectivity index (χ0) is 14.2. The number of nitrogens with zero attached hydrogens (tertiary/aromatic N) is 1. The second-order valence-electron chi connectivity index (χ2n) is 5.32. The Balaban J connectivity index is 1.88. The van der Waals surface area contributed by atoms with Gasteiger partial charge in [-0.25, -0.2) is 4.39 Å². The number of hydrogen-bond donors (Lipinski definition) is 0. The predicted octanol–water partition coefficient (Wildman–Crippen LogP) is 5.10. The van der Waals surface area contributed by atoms with E-state index in [4.69, 9.17) is 4.98 Å². The van der Waals surface area contributed by atoms with Gasteiger partial charge in [0, 0.05) is 11.8 Å². The Bertz CT molecular complexity index is 776. The van der Waals surface area contributed by atoms with Crippen LogP contribution in [0.3, 0.4) is 0 Å². The van der Waals surface area contributed by atoms with E-state index in [0.29, 0.717) is 0 Å². The molecule has 2 aromatic heterocycles. The summed E-state index contributed by atoms with van der Waals surface area (Å²) in [5.41, 5.74) is 6.10. The number of aromatic nitrogens is 1. The van der Waals surface area contributed by atoms with E-state index in [2.05, 4.69) is 17.5 Å². The average Bonchev–Trinajstić information content (AvgIpc) is 3.19. The van der Waals surface area contributed by atoms with E-state index in [-0.39, 0.29) is 5.82 Å². The first kappa shape index (κ1) is 12.7. The molecule has 0 unspecified atom stereocenters. The zero-order valence-electron chi connectivity index (χ0n) is 11.5. The molecule has 2 heterocycles. The molecule has 104 valence electrons. The van der Waals surface area contributed by atoms with Gasteiger partial charge in [-0.15, -0.1) is 11.3 Å². The van der Waals surface area contributed by atoms with Crippen molar-refractivity contribution >= 4 is 11.3 Å². The van der Waals surface area contributed by atoms with Crippen LogP contribution in [0.1, 0.15) is 17.5 Å². The average molecular weight is 295 g/mol. The van der Waals surface area contributed by atoms with Crippen LogP contribution in [-0.2, 0) is 12.8 Å². The Labute approximate surface area is 127 Å². The third kappa shape index (κ3) is 2.18. The molecule has 0 spiro atoms. The highest BCUT2D eigenvalue weighted by Gasteiger charge is 2.21. The molecule has 1 aliphatic carbocycles. The van der Waals surface area contributed by atoms with Crippen molar-refractivity contribution in [3.05, 3.63) is 64.9 Å². The summed E-state index contributed by atoms with van der Waals surface area (Å²) in [6.45, 7) is 0. The number of benzene rings is 1. The Morgan fingerprint density at radius 2 is 1.81 bits per heavy atom. The van der Waals surface area contributed by atoms with E-state index in [1.165, 1.54) is 34.6 Å². The van der Waals surface area contributed by atoms with Crippen LogP contribution >= 0.6 is 11.3 Å². The van der Waals surface area contributed by atoms with Gasteiger partial charge in [0.25, 0.3) is 0 Å². The lowest BCUT2D eigenvalue weighted by Crippen LogP contribution is -1.95. The molecule has 0 amide bonds. The molecular formula is C18H14FNS. The second-order valence-corrected chi connectivity index (χ2v) is 6.26. The molecule has 4 rings (SSSR count). The van der Waals surface area contributed by atoms with E-state index in [0.717, 1.165) is 29.7 Å². The van der Waals surface area contributed by atoms with Crippen molar-refractivity contribution in [3.63, 3.8) is 0 Å². The molecule has 0 saturated heterocycles. The molecule has 0 bridgehead atoms. The molecule has 0 atom stereocenters. The van der Waals surface area contributed by atoms with E-state index < -0.39 is 0 Å². The van der Waals surface area contributed by atoms with E-state index >= 15 is 0 Å². The second kappa shape index (κ2) is 5.08. The number of fused-ring (bicyclic) bond motifs is 1. The van der Waals surface area contributed by atoms with Crippen LogP contribution in [0.4, 0.5) is 4.39 Å². The number of hydrogen-bond acceptors (Lipinski definition) is 2. The molecule has 0 N–H and O–H groups in total. The smallest absolute Gasteiger partial charge is 0.123 e. The van der Waals surface area contributed by atoms with Gasteiger partial charge in [0.1, 0.15) is 5.82 Å². The van der Waals surface area contributed by atoms with Crippen LogP contribution in [0.25, 0.3) is 21.7 Å². The topological polar surface area (TPSA) is 12.9 Å². The molecule has 1 aliphatic rings. The SMILES string of the molecule is Fc1ccc(-c2cnc(-c3cccs3)c3c2CCC3)cc1. The summed E-state index contributed by atoms with van der Waals surface area (Å²) in [5, 5.41) is 2.09. The van der Waals surface area contributed by atoms with Crippen molar-refractivity contribution in [1.82, 2.24) is 4.98 Å². The quantitative estimate of drug-likeness (QED) is 0.640. The number of rotatable bonds is 2. The van der Waals surface area contributed by atoms with Crippen LogP contribution in [0.15, 0.2) is 48.0 Å². The molecular weight excluding hydrogens is 281 g/mol. The maximum Gasteiger partial charge on any atom is 0.123 e. The lowest BCUT2D eigenvalue weighted by molar-refractivity contribution is 0.628. The Morgan fingerprint density at radius 3 is 2.57 bits per heavy atom. The van der Waals surface area contributed by atoms with Crippen LogP contribution in [0.2, 0.25) is 0 Å². The van der Waals surface area contributed by atoms with Crippen molar-refractivity contribution in [2.24, 2.45) is 0 Å². The van der Waals surface area contributed by atoms with Crippen molar-refractivity contribution in [1.29, 1.82) is 0 Å². The molecule has 0 aliphatic heterocycles. The minimum atomic E-state index is -0.196. The summed E-state index contributed by atoms with van der Waals surface area (Å²) in [7, 11) is 0. The fourth-order valence-corrected chi connectivity index (χ4v) is 3.84. The summed E-state index contributed by atoms with van der Waals surface area (Å²) >= 11 is 1.73. The minimum absolute atomic E-state index is 0.196. The van der Waals surface area contributed by atoms with Gasteiger partial charge in [-0.1, -0.05) is 18.2 Å². The summed E-state index contributed by atoms with van der Waals surface area (Å²) in [5.74, 6) is -0.196. The standard InChI is InChI=1S/C18H14FNS/c19-13-8-6-12(7-9-13)16-11-20-18(17-5-2-10-21-17)15-4-1-3-14(15)16/h2,5-11H,1,3-4H2. The summed E-state index contributed by atoms with van der Waals surface area (Å²) < 4.78 is 13.1. The fraction of sp³-hybridized carbons (Fsp3) is 0.167. The Morgan fingerprint density at radius 1 is 1.00 bits per heavy atom. The van der Waals surface area contributed by atoms with Crippen LogP contribution in [-0.4, -0.2) is 4.98 Å². The summed E-state index contributed by atoms with van der Waals surface area (Å²) in [6.07, 6.45) is 5.30. The van der Waals surface area contributed by atoms with Gasteiger partial charge in [-0.3, -0.25) is 4.98 Å². The van der Waals surface area contributed by atoms with Crippen LogP contribution in [0.5, 0.6) is 0 Å². The van der Waals surface area contributed by atoms with Gasteiger partial charge in [0.2, 0.25) is 0 Å². The summed E-state index contributed by atoms with van der Waals surface area (Å²) in [4.78, 5) is 5.94. The highest BCUT2D eigenvalue weighted by Crippen LogP contribution is 2.38. The Hall–Kier alpha value is -2.00. The Kier molecular flexibility index (Phi) is 3.08. The minimum Gasteiger partial charge on any atom is -0.254 e. The van der Waals surface area contributed by atoms with Crippen molar-refractivity contribution in [2.45, 2.75) is 19.3 Å². The predicted molar refractivity (Wildman–Crippen MR) is 85.0 cm³/mol. The number of pyridine rings is 1. The molecule has 3 heteroatoms. The van der Waals surface area contributed by atoms with Crippen LogP contribution in [0, 0.1) is 5.82 Å². The van der Waals surface area contributed by atoms with Gasteiger partial charge in [0.15, 0.2) is 0 Å². The fourth-order valence-electron chi connectivity index (χ4n) is 3.09. The first-order valence-corrected chi connectivity index (χ1v) is 8.01. The van der Waals surface area contributed by atoms with Crippen molar-refractivity contribution in [3.8, 4) is 21.7 Å². The van der Waals surface area contributed by atoms with Gasteiger partial charge in [0.05, 0.1) is 10.6 Å². The van der Waals surface area contributed by atoms with Gasteiger partial charge in [-0.2, -0.15) is 0 Å². The molecule has 0 fully saturated rings. The third-order valence-corrected chi connectivity index (χ3v) is 4.94. The normalized spacial score (nSPS) is 13.4. The third-order valence-electron chi connectivity index (χ3n) is 4.06. The number of halogens is 1. The van der Waals surface area contributed by atoms with Crippen LogP contribution < -0.4 is 0 Å². The monoisotopic (exact) mass is 295 g/mol. The first-order valence-electron chi connectivity index (χ1n) is 7.13. The number of thiophene rings is 1. The molecule has 21 heavy (non-hydrogen) atoms. The maximum absolute atomic E-state index is 13.1. The van der Waals surface area contributed by atoms with Gasteiger partial charge in [-0.05, 0) is 59.5 Å². The highest BCUT2D eigenvalue weighted by molar-refractivity contribution is 7.13. The summed E-state index contributed by atoms with van der Waals surface area (Å²) in [6, 6.07) is 10.9. The molecule has 1 nitrogen and oxygen atoms in total.